The molecule has 0 bridgehead atoms. The van der Waals surface area contributed by atoms with E-state index in [1.54, 1.807) is 7.05 Å². The van der Waals surface area contributed by atoms with Crippen LogP contribution in [0.1, 0.15) is 18.9 Å². The van der Waals surface area contributed by atoms with Gasteiger partial charge in [0.2, 0.25) is 5.91 Å². The van der Waals surface area contributed by atoms with Crippen molar-refractivity contribution in [1.29, 1.82) is 0 Å². The molecule has 1 fully saturated rings. The molecule has 1 atom stereocenters. The van der Waals surface area contributed by atoms with Crippen LogP contribution < -0.4 is 15.5 Å². The van der Waals surface area contributed by atoms with Crippen LogP contribution in [0, 0.1) is 5.41 Å². The fourth-order valence-electron chi connectivity index (χ4n) is 2.81. The summed E-state index contributed by atoms with van der Waals surface area (Å²) >= 11 is 0. The predicted molar refractivity (Wildman–Crippen MR) is 78.2 cm³/mol. The van der Waals surface area contributed by atoms with Gasteiger partial charge in [-0.25, -0.2) is 0 Å². The van der Waals surface area contributed by atoms with Crippen LogP contribution in [0.5, 0.6) is 0 Å². The van der Waals surface area contributed by atoms with Crippen molar-refractivity contribution in [2.45, 2.75) is 19.9 Å². The zero-order chi connectivity index (χ0) is 13.9. The number of rotatable bonds is 4. The van der Waals surface area contributed by atoms with Crippen molar-refractivity contribution >= 4 is 11.6 Å². The number of benzene rings is 1. The Morgan fingerprint density at radius 2 is 2.11 bits per heavy atom. The third kappa shape index (κ3) is 2.73. The quantitative estimate of drug-likeness (QED) is 0.860. The zero-order valence-corrected chi connectivity index (χ0v) is 12.0. The lowest BCUT2D eigenvalue weighted by Gasteiger charge is -2.25. The van der Waals surface area contributed by atoms with Crippen LogP contribution in [-0.2, 0) is 11.3 Å². The van der Waals surface area contributed by atoms with E-state index in [1.807, 2.05) is 14.0 Å². The molecule has 0 aromatic heterocycles. The summed E-state index contributed by atoms with van der Waals surface area (Å²) in [5.74, 6) is 0.140. The number of anilines is 1. The van der Waals surface area contributed by atoms with Gasteiger partial charge < -0.3 is 15.5 Å². The van der Waals surface area contributed by atoms with Crippen LogP contribution in [0.4, 0.5) is 5.69 Å². The van der Waals surface area contributed by atoms with E-state index in [2.05, 4.69) is 39.8 Å². The minimum Gasteiger partial charge on any atom is -0.370 e. The van der Waals surface area contributed by atoms with Gasteiger partial charge in [-0.2, -0.15) is 0 Å². The van der Waals surface area contributed by atoms with Crippen LogP contribution in [-0.4, -0.2) is 33.1 Å². The number of hydrogen-bond acceptors (Lipinski definition) is 3. The first kappa shape index (κ1) is 13.9. The molecule has 1 amide bonds. The topological polar surface area (TPSA) is 44.4 Å². The van der Waals surface area contributed by atoms with Crippen molar-refractivity contribution in [2.24, 2.45) is 5.41 Å². The molecule has 1 aromatic rings. The van der Waals surface area contributed by atoms with E-state index in [0.29, 0.717) is 0 Å². The van der Waals surface area contributed by atoms with Crippen LogP contribution in [0.25, 0.3) is 0 Å². The molecule has 19 heavy (non-hydrogen) atoms. The molecule has 1 aromatic carbocycles. The van der Waals surface area contributed by atoms with Crippen molar-refractivity contribution < 1.29 is 4.79 Å². The Morgan fingerprint density at radius 1 is 1.37 bits per heavy atom. The Kier molecular flexibility index (Phi) is 4.10. The van der Waals surface area contributed by atoms with Gasteiger partial charge in [0.25, 0.3) is 0 Å². The Hall–Kier alpha value is -1.55. The van der Waals surface area contributed by atoms with Gasteiger partial charge in [-0.3, -0.25) is 4.79 Å². The first-order valence-corrected chi connectivity index (χ1v) is 6.80. The second kappa shape index (κ2) is 5.61. The SMILES string of the molecule is CNCc1ccccc1N1CCC(C)(C(=O)NC)C1. The van der Waals surface area contributed by atoms with E-state index in [-0.39, 0.29) is 11.3 Å². The molecule has 4 nitrogen and oxygen atoms in total. The first-order valence-electron chi connectivity index (χ1n) is 6.80. The van der Waals surface area contributed by atoms with Crippen LogP contribution >= 0.6 is 0 Å². The largest absolute Gasteiger partial charge is 0.370 e. The fraction of sp³-hybridized carbons (Fsp3) is 0.533. The monoisotopic (exact) mass is 261 g/mol. The molecule has 1 aliphatic heterocycles. The lowest BCUT2D eigenvalue weighted by atomic mass is 9.89. The zero-order valence-electron chi connectivity index (χ0n) is 12.0. The highest BCUT2D eigenvalue weighted by molar-refractivity contribution is 5.83. The second-order valence-corrected chi connectivity index (χ2v) is 5.47. The Morgan fingerprint density at radius 3 is 2.79 bits per heavy atom. The summed E-state index contributed by atoms with van der Waals surface area (Å²) in [6.45, 7) is 4.62. The molecule has 2 rings (SSSR count). The van der Waals surface area contributed by atoms with Gasteiger partial charge in [0.15, 0.2) is 0 Å². The second-order valence-electron chi connectivity index (χ2n) is 5.47. The summed E-state index contributed by atoms with van der Waals surface area (Å²) in [6, 6.07) is 8.40. The van der Waals surface area contributed by atoms with Gasteiger partial charge in [0, 0.05) is 32.4 Å². The van der Waals surface area contributed by atoms with E-state index in [1.165, 1.54) is 11.3 Å². The highest BCUT2D eigenvalue weighted by atomic mass is 16.2. The molecular weight excluding hydrogens is 238 g/mol. The summed E-state index contributed by atoms with van der Waals surface area (Å²) in [6.07, 6.45) is 0.903. The van der Waals surface area contributed by atoms with Crippen LogP contribution in [0.15, 0.2) is 24.3 Å². The van der Waals surface area contributed by atoms with Gasteiger partial charge in [-0.1, -0.05) is 18.2 Å². The number of carbonyl (C=O) groups excluding carboxylic acids is 1. The van der Waals surface area contributed by atoms with Crippen molar-refractivity contribution in [3.8, 4) is 0 Å². The number of nitrogens with one attached hydrogen (secondary N) is 2. The molecule has 104 valence electrons. The summed E-state index contributed by atoms with van der Waals surface area (Å²) in [5, 5.41) is 5.98. The molecule has 1 aliphatic rings. The Bertz CT molecular complexity index is 460. The smallest absolute Gasteiger partial charge is 0.227 e. The number of nitrogens with zero attached hydrogens (tertiary/aromatic N) is 1. The summed E-state index contributed by atoms with van der Waals surface area (Å²) in [5.41, 5.74) is 2.25. The van der Waals surface area contributed by atoms with E-state index in [0.717, 1.165) is 26.1 Å². The third-order valence-corrected chi connectivity index (χ3v) is 3.95. The Balaban J connectivity index is 2.19. The minimum atomic E-state index is -0.276. The third-order valence-electron chi connectivity index (χ3n) is 3.95. The summed E-state index contributed by atoms with van der Waals surface area (Å²) < 4.78 is 0. The average molecular weight is 261 g/mol. The molecule has 0 spiro atoms. The lowest BCUT2D eigenvalue weighted by Crippen LogP contribution is -2.39. The molecule has 4 heteroatoms. The normalized spacial score (nSPS) is 22.6. The van der Waals surface area contributed by atoms with Crippen molar-refractivity contribution in [3.63, 3.8) is 0 Å². The highest BCUT2D eigenvalue weighted by Crippen LogP contribution is 2.34. The maximum absolute atomic E-state index is 12.0. The van der Waals surface area contributed by atoms with Gasteiger partial charge >= 0.3 is 0 Å². The fourth-order valence-corrected chi connectivity index (χ4v) is 2.81. The maximum atomic E-state index is 12.0. The number of para-hydroxylation sites is 1. The van der Waals surface area contributed by atoms with Gasteiger partial charge in [0.1, 0.15) is 0 Å². The van der Waals surface area contributed by atoms with Crippen LogP contribution in [0.3, 0.4) is 0 Å². The van der Waals surface area contributed by atoms with Gasteiger partial charge in [-0.15, -0.1) is 0 Å². The minimum absolute atomic E-state index is 0.140. The van der Waals surface area contributed by atoms with Crippen molar-refractivity contribution in [2.75, 3.05) is 32.1 Å². The van der Waals surface area contributed by atoms with Crippen molar-refractivity contribution in [3.05, 3.63) is 29.8 Å². The molecule has 1 heterocycles. The van der Waals surface area contributed by atoms with E-state index in [4.69, 9.17) is 0 Å². The molecule has 0 radical (unpaired) electrons. The van der Waals surface area contributed by atoms with Gasteiger partial charge in [0.05, 0.1) is 5.41 Å². The van der Waals surface area contributed by atoms with E-state index < -0.39 is 0 Å². The first-order chi connectivity index (χ1) is 9.10. The predicted octanol–water partition coefficient (Wildman–Crippen LogP) is 1.37. The molecule has 1 saturated heterocycles. The summed E-state index contributed by atoms with van der Waals surface area (Å²) in [7, 11) is 3.67. The lowest BCUT2D eigenvalue weighted by molar-refractivity contribution is -0.128. The van der Waals surface area contributed by atoms with Crippen molar-refractivity contribution in [1.82, 2.24) is 10.6 Å². The summed E-state index contributed by atoms with van der Waals surface area (Å²) in [4.78, 5) is 14.3. The standard InChI is InChI=1S/C15H23N3O/c1-15(14(19)17-3)8-9-18(11-15)13-7-5-4-6-12(13)10-16-2/h4-7,16H,8-11H2,1-3H3,(H,17,19). The number of hydrogen-bond donors (Lipinski definition) is 2. The highest BCUT2D eigenvalue weighted by Gasteiger charge is 2.40. The Labute approximate surface area is 115 Å². The van der Waals surface area contributed by atoms with Crippen LogP contribution in [0.2, 0.25) is 0 Å². The van der Waals surface area contributed by atoms with Gasteiger partial charge in [-0.05, 0) is 32.0 Å². The molecular formula is C15H23N3O. The maximum Gasteiger partial charge on any atom is 0.227 e. The molecule has 1 unspecified atom stereocenters. The molecule has 0 saturated carbocycles. The molecule has 0 aliphatic carbocycles. The average Bonchev–Trinajstić information content (AvgIpc) is 2.83. The number of amides is 1. The molecule has 2 N–H and O–H groups in total. The van der Waals surface area contributed by atoms with E-state index in [9.17, 15) is 4.79 Å². The van der Waals surface area contributed by atoms with E-state index >= 15 is 0 Å². The number of carbonyl (C=O) groups is 1.